The molecular weight excluding hydrogens is 620 g/mol. The fourth-order valence-electron chi connectivity index (χ4n) is 6.51. The minimum atomic E-state index is -1.31. The summed E-state index contributed by atoms with van der Waals surface area (Å²) in [7, 11) is 0. The molecule has 272 valence electrons. The summed E-state index contributed by atoms with van der Waals surface area (Å²) >= 11 is 0. The molecule has 0 aliphatic carbocycles. The summed E-state index contributed by atoms with van der Waals surface area (Å²) in [4.78, 5) is 39.9. The zero-order valence-electron chi connectivity index (χ0n) is 29.9. The molecule has 0 aromatic rings. The van der Waals surface area contributed by atoms with Gasteiger partial charge in [0, 0.05) is 51.4 Å². The Morgan fingerprint density at radius 3 is 2.52 bits per heavy atom. The molecule has 48 heavy (non-hydrogen) atoms. The van der Waals surface area contributed by atoms with E-state index in [1.54, 1.807) is 49.1 Å². The standard InChI is InChI=1S/C36H58N2O10/c1-9-28(41)25(4)36(8)30(48-36)22-34(6,44)15-10-11-23(2)32-24(3)12-13-29(45-33(43)38-19-17-37-18-20-38)35(7,47-26(5)39)16-14-27(40)21-31(42)46-32/h10-13,15,24-25,27-30,32,37,40-41,44H,9,14,16-22H2,1-8H3/b13-12+,15-10+,23-11+/t24-,25+,27+,28-,29-,30+,32+,34?,35+,36?/m0/s1. The molecule has 4 N–H and O–H groups in total. The second-order valence-corrected chi connectivity index (χ2v) is 14.4. The molecule has 1 amide bonds. The first-order valence-electron chi connectivity index (χ1n) is 17.3. The first kappa shape index (κ1) is 39.7. The van der Waals surface area contributed by atoms with Gasteiger partial charge >= 0.3 is 18.0 Å². The molecule has 3 aliphatic heterocycles. The third kappa shape index (κ3) is 10.9. The molecule has 2 unspecified atom stereocenters. The molecule has 2 saturated heterocycles. The van der Waals surface area contributed by atoms with Crippen molar-refractivity contribution in [3.63, 3.8) is 0 Å². The van der Waals surface area contributed by atoms with E-state index < -0.39 is 65.2 Å². The number of allylic oxidation sites excluding steroid dienone is 2. The van der Waals surface area contributed by atoms with E-state index in [1.165, 1.54) is 6.92 Å². The Balaban J connectivity index is 1.83. The molecule has 3 aliphatic rings. The Hall–Kier alpha value is -2.77. The largest absolute Gasteiger partial charge is 0.457 e. The molecule has 2 fully saturated rings. The van der Waals surface area contributed by atoms with Crippen molar-refractivity contribution in [2.45, 2.75) is 135 Å². The monoisotopic (exact) mass is 678 g/mol. The number of aliphatic hydroxyl groups is 3. The summed E-state index contributed by atoms with van der Waals surface area (Å²) < 4.78 is 23.5. The maximum absolute atomic E-state index is 13.2. The van der Waals surface area contributed by atoms with Crippen molar-refractivity contribution < 1.29 is 48.7 Å². The number of ether oxygens (including phenoxy) is 4. The predicted molar refractivity (Wildman–Crippen MR) is 180 cm³/mol. The highest BCUT2D eigenvalue weighted by molar-refractivity contribution is 5.71. The van der Waals surface area contributed by atoms with Crippen LogP contribution in [0.25, 0.3) is 0 Å². The van der Waals surface area contributed by atoms with Crippen molar-refractivity contribution >= 4 is 18.0 Å². The number of carbonyl (C=O) groups is 3. The first-order valence-corrected chi connectivity index (χ1v) is 17.3. The number of amides is 1. The van der Waals surface area contributed by atoms with Crippen LogP contribution in [0.5, 0.6) is 0 Å². The molecule has 3 rings (SSSR count). The smallest absolute Gasteiger partial charge is 0.410 e. The van der Waals surface area contributed by atoms with Crippen LogP contribution >= 0.6 is 0 Å². The van der Waals surface area contributed by atoms with E-state index in [9.17, 15) is 29.7 Å². The van der Waals surface area contributed by atoms with Crippen molar-refractivity contribution in [3.05, 3.63) is 36.0 Å². The van der Waals surface area contributed by atoms with E-state index in [-0.39, 0.29) is 31.3 Å². The van der Waals surface area contributed by atoms with Gasteiger partial charge in [0.1, 0.15) is 11.7 Å². The van der Waals surface area contributed by atoms with E-state index in [2.05, 4.69) is 5.32 Å². The number of hydrogen-bond acceptors (Lipinski definition) is 11. The number of esters is 2. The molecule has 12 heteroatoms. The summed E-state index contributed by atoms with van der Waals surface area (Å²) in [5, 5.41) is 35.4. The highest BCUT2D eigenvalue weighted by Gasteiger charge is 2.58. The quantitative estimate of drug-likeness (QED) is 0.0877. The second kappa shape index (κ2) is 16.8. The van der Waals surface area contributed by atoms with Gasteiger partial charge in [0.15, 0.2) is 6.10 Å². The van der Waals surface area contributed by atoms with Crippen molar-refractivity contribution in [3.8, 4) is 0 Å². The fourth-order valence-corrected chi connectivity index (χ4v) is 6.51. The van der Waals surface area contributed by atoms with E-state index in [0.29, 0.717) is 44.6 Å². The summed E-state index contributed by atoms with van der Waals surface area (Å²) in [6.45, 7) is 16.4. The summed E-state index contributed by atoms with van der Waals surface area (Å²) in [5.41, 5.74) is -2.32. The van der Waals surface area contributed by atoms with E-state index in [4.69, 9.17) is 18.9 Å². The Morgan fingerprint density at radius 2 is 1.90 bits per heavy atom. The van der Waals surface area contributed by atoms with Crippen molar-refractivity contribution in [1.82, 2.24) is 10.2 Å². The highest BCUT2D eigenvalue weighted by atomic mass is 16.6. The number of carbonyl (C=O) groups excluding carboxylic acids is 3. The van der Waals surface area contributed by atoms with Crippen LogP contribution < -0.4 is 5.32 Å². The van der Waals surface area contributed by atoms with Gasteiger partial charge in [-0.3, -0.25) is 9.59 Å². The third-order valence-corrected chi connectivity index (χ3v) is 10.0. The number of rotatable bonds is 10. The summed E-state index contributed by atoms with van der Waals surface area (Å²) in [5.74, 6) is -1.63. The molecule has 0 aromatic heterocycles. The molecular formula is C36H58N2O10. The topological polar surface area (TPSA) is 167 Å². The average molecular weight is 679 g/mol. The Bertz CT molecular complexity index is 1210. The molecule has 10 atom stereocenters. The van der Waals surface area contributed by atoms with Crippen LogP contribution in [-0.4, -0.2) is 112 Å². The molecule has 0 spiro atoms. The highest BCUT2D eigenvalue weighted by Crippen LogP contribution is 2.48. The fraction of sp³-hybridized carbons (Fsp3) is 0.750. The van der Waals surface area contributed by atoms with Gasteiger partial charge in [-0.05, 0) is 58.6 Å². The molecule has 0 aromatic carbocycles. The Labute approximate surface area is 285 Å². The second-order valence-electron chi connectivity index (χ2n) is 14.4. The minimum Gasteiger partial charge on any atom is -0.457 e. The number of piperazine rings is 1. The first-order chi connectivity index (χ1) is 22.4. The van der Waals surface area contributed by atoms with Crippen LogP contribution in [0.1, 0.15) is 87.5 Å². The van der Waals surface area contributed by atoms with Crippen LogP contribution in [0.15, 0.2) is 36.0 Å². The SMILES string of the molecule is CC[C@H](O)[C@@H](C)C1(C)O[C@@H]1CC(C)(O)/C=C/C=C(\C)[C@H]1OC(=O)C[C@H](O)CC[C@@](C)(OC(C)=O)[C@@H](OC(=O)N2CCNCC2)/C=C/[C@@H]1C. The Kier molecular flexibility index (Phi) is 13.8. The van der Waals surface area contributed by atoms with Gasteiger partial charge < -0.3 is 44.5 Å². The molecule has 3 heterocycles. The maximum atomic E-state index is 13.2. The van der Waals surface area contributed by atoms with Gasteiger partial charge in [-0.2, -0.15) is 0 Å². The number of nitrogens with one attached hydrogen (secondary N) is 1. The minimum absolute atomic E-state index is 0.0738. The maximum Gasteiger partial charge on any atom is 0.410 e. The zero-order valence-corrected chi connectivity index (χ0v) is 29.9. The number of aliphatic hydroxyl groups excluding tert-OH is 2. The molecule has 0 bridgehead atoms. The number of epoxide rings is 1. The average Bonchev–Trinajstić information content (AvgIpc) is 3.67. The van der Waals surface area contributed by atoms with Gasteiger partial charge in [-0.25, -0.2) is 4.79 Å². The van der Waals surface area contributed by atoms with E-state index in [1.807, 2.05) is 34.6 Å². The van der Waals surface area contributed by atoms with Gasteiger partial charge in [0.05, 0.1) is 35.9 Å². The summed E-state index contributed by atoms with van der Waals surface area (Å²) in [6, 6.07) is 0. The lowest BCUT2D eigenvalue weighted by Gasteiger charge is -2.37. The van der Waals surface area contributed by atoms with Crippen LogP contribution in [0.2, 0.25) is 0 Å². The van der Waals surface area contributed by atoms with Crippen LogP contribution in [0, 0.1) is 11.8 Å². The normalized spacial score (nSPS) is 35.3. The van der Waals surface area contributed by atoms with E-state index in [0.717, 1.165) is 0 Å². The Morgan fingerprint density at radius 1 is 1.23 bits per heavy atom. The predicted octanol–water partition coefficient (Wildman–Crippen LogP) is 3.58. The summed E-state index contributed by atoms with van der Waals surface area (Å²) in [6.07, 6.45) is 5.50. The molecule has 0 radical (unpaired) electrons. The van der Waals surface area contributed by atoms with Gasteiger partial charge in [-0.15, -0.1) is 0 Å². The van der Waals surface area contributed by atoms with Crippen LogP contribution in [0.4, 0.5) is 4.79 Å². The van der Waals surface area contributed by atoms with Gasteiger partial charge in [-0.1, -0.05) is 45.1 Å². The number of hydrogen-bond donors (Lipinski definition) is 4. The van der Waals surface area contributed by atoms with Gasteiger partial charge in [0.25, 0.3) is 0 Å². The number of cyclic esters (lactones) is 1. The van der Waals surface area contributed by atoms with Crippen molar-refractivity contribution in [1.29, 1.82) is 0 Å². The lowest BCUT2D eigenvalue weighted by atomic mass is 9.83. The lowest BCUT2D eigenvalue weighted by Crippen LogP contribution is -2.51. The van der Waals surface area contributed by atoms with Crippen LogP contribution in [-0.2, 0) is 28.5 Å². The lowest BCUT2D eigenvalue weighted by molar-refractivity contribution is -0.168. The molecule has 12 nitrogen and oxygen atoms in total. The van der Waals surface area contributed by atoms with Crippen molar-refractivity contribution in [2.24, 2.45) is 11.8 Å². The van der Waals surface area contributed by atoms with Crippen LogP contribution in [0.3, 0.4) is 0 Å². The van der Waals surface area contributed by atoms with Gasteiger partial charge in [0.2, 0.25) is 0 Å². The van der Waals surface area contributed by atoms with Crippen molar-refractivity contribution in [2.75, 3.05) is 26.2 Å². The molecule has 0 saturated carbocycles. The zero-order chi connectivity index (χ0) is 35.9. The number of nitrogens with zero attached hydrogens (tertiary/aromatic N) is 1. The van der Waals surface area contributed by atoms with E-state index >= 15 is 0 Å². The third-order valence-electron chi connectivity index (χ3n) is 10.0.